The molecule has 2 aromatic rings. The molecule has 21 heavy (non-hydrogen) atoms. The van der Waals surface area contributed by atoms with Crippen LogP contribution >= 0.6 is 11.3 Å². The summed E-state index contributed by atoms with van der Waals surface area (Å²) in [6, 6.07) is 7.64. The molecule has 1 amide bonds. The van der Waals surface area contributed by atoms with Crippen molar-refractivity contribution in [3.8, 4) is 5.75 Å². The van der Waals surface area contributed by atoms with E-state index in [0.29, 0.717) is 10.7 Å². The minimum absolute atomic E-state index is 0.191. The van der Waals surface area contributed by atoms with Crippen molar-refractivity contribution in [2.24, 2.45) is 0 Å². The van der Waals surface area contributed by atoms with Gasteiger partial charge in [-0.3, -0.25) is 10.1 Å². The van der Waals surface area contributed by atoms with Crippen molar-refractivity contribution < 1.29 is 9.53 Å². The Labute approximate surface area is 126 Å². The minimum atomic E-state index is -0.191. The van der Waals surface area contributed by atoms with Crippen molar-refractivity contribution in [2.45, 2.75) is 19.8 Å². The number of rotatable bonds is 4. The number of para-hydroxylation sites is 1. The Kier molecular flexibility index (Phi) is 3.96. The Bertz CT molecular complexity index is 694. The van der Waals surface area contributed by atoms with E-state index in [1.165, 1.54) is 11.3 Å². The average molecular weight is 301 g/mol. The summed E-state index contributed by atoms with van der Waals surface area (Å²) >= 11 is 1.41. The highest BCUT2D eigenvalue weighted by molar-refractivity contribution is 7.15. The molecule has 0 atom stereocenters. The molecule has 108 valence electrons. The van der Waals surface area contributed by atoms with Crippen LogP contribution in [-0.2, 0) is 11.2 Å². The quantitative estimate of drug-likeness (QED) is 0.943. The van der Waals surface area contributed by atoms with E-state index in [1.54, 1.807) is 0 Å². The van der Waals surface area contributed by atoms with Crippen molar-refractivity contribution >= 4 is 28.5 Å². The summed E-state index contributed by atoms with van der Waals surface area (Å²) in [4.78, 5) is 12.2. The topological polar surface area (TPSA) is 64.1 Å². The van der Waals surface area contributed by atoms with E-state index in [4.69, 9.17) is 4.74 Å². The second-order valence-corrected chi connectivity index (χ2v) is 5.76. The van der Waals surface area contributed by atoms with Crippen LogP contribution in [0.1, 0.15) is 23.9 Å². The predicted molar refractivity (Wildman–Crippen MR) is 82.4 cm³/mol. The van der Waals surface area contributed by atoms with Crippen LogP contribution in [-0.4, -0.2) is 22.7 Å². The van der Waals surface area contributed by atoms with Crippen molar-refractivity contribution in [2.75, 3.05) is 11.9 Å². The van der Waals surface area contributed by atoms with Crippen molar-refractivity contribution in [1.82, 2.24) is 10.2 Å². The molecule has 0 saturated carbocycles. The van der Waals surface area contributed by atoms with Crippen LogP contribution in [0.2, 0.25) is 0 Å². The lowest BCUT2D eigenvalue weighted by atomic mass is 10.1. The van der Waals surface area contributed by atoms with E-state index in [9.17, 15) is 4.79 Å². The maximum Gasteiger partial charge on any atom is 0.256 e. The Hall–Kier alpha value is -2.21. The standard InChI is InChI=1S/C15H15N3O2S/c1-2-5-13-17-18-15(21-13)16-14(19)11-8-10-6-3-4-7-12(10)20-9-11/h3-4,6-8H,2,5,9H2,1H3,(H,16,18,19). The first kappa shape index (κ1) is 13.8. The van der Waals surface area contributed by atoms with Gasteiger partial charge in [0, 0.05) is 12.0 Å². The largest absolute Gasteiger partial charge is 0.488 e. The monoisotopic (exact) mass is 301 g/mol. The molecule has 1 aromatic carbocycles. The number of fused-ring (bicyclic) bond motifs is 1. The number of hydrogen-bond donors (Lipinski definition) is 1. The van der Waals surface area contributed by atoms with Crippen LogP contribution in [0.4, 0.5) is 5.13 Å². The van der Waals surface area contributed by atoms with Gasteiger partial charge in [0.25, 0.3) is 5.91 Å². The molecule has 3 rings (SSSR count). The molecule has 0 fully saturated rings. The third-order valence-electron chi connectivity index (χ3n) is 3.07. The molecule has 1 aliphatic rings. The predicted octanol–water partition coefficient (Wildman–Crippen LogP) is 2.91. The Morgan fingerprint density at radius 1 is 1.38 bits per heavy atom. The fourth-order valence-corrected chi connectivity index (χ4v) is 2.88. The van der Waals surface area contributed by atoms with Gasteiger partial charge in [-0.2, -0.15) is 0 Å². The zero-order chi connectivity index (χ0) is 14.7. The van der Waals surface area contributed by atoms with Gasteiger partial charge in [0.15, 0.2) is 0 Å². The zero-order valence-electron chi connectivity index (χ0n) is 11.6. The maximum atomic E-state index is 12.2. The van der Waals surface area contributed by atoms with E-state index in [2.05, 4.69) is 22.4 Å². The van der Waals surface area contributed by atoms with E-state index in [1.807, 2.05) is 30.3 Å². The van der Waals surface area contributed by atoms with Crippen LogP contribution in [0.25, 0.3) is 6.08 Å². The van der Waals surface area contributed by atoms with Crippen LogP contribution in [0.5, 0.6) is 5.75 Å². The van der Waals surface area contributed by atoms with E-state index < -0.39 is 0 Å². The molecule has 0 saturated heterocycles. The minimum Gasteiger partial charge on any atom is -0.488 e. The Balaban J connectivity index is 1.72. The van der Waals surface area contributed by atoms with Crippen molar-refractivity contribution in [3.05, 3.63) is 40.4 Å². The van der Waals surface area contributed by atoms with Crippen LogP contribution in [0.15, 0.2) is 29.8 Å². The van der Waals surface area contributed by atoms with Crippen LogP contribution in [0.3, 0.4) is 0 Å². The van der Waals surface area contributed by atoms with Gasteiger partial charge in [-0.15, -0.1) is 10.2 Å². The molecule has 0 radical (unpaired) electrons. The number of anilines is 1. The summed E-state index contributed by atoms with van der Waals surface area (Å²) < 4.78 is 5.58. The van der Waals surface area contributed by atoms with Crippen LogP contribution < -0.4 is 10.1 Å². The number of carbonyl (C=O) groups excluding carboxylic acids is 1. The summed E-state index contributed by atoms with van der Waals surface area (Å²) in [5.74, 6) is 0.610. The molecule has 1 aliphatic heterocycles. The number of carbonyl (C=O) groups is 1. The summed E-state index contributed by atoms with van der Waals surface area (Å²) in [6.45, 7) is 2.35. The second-order valence-electron chi connectivity index (χ2n) is 4.70. The number of nitrogens with one attached hydrogen (secondary N) is 1. The first-order valence-corrected chi connectivity index (χ1v) is 7.64. The number of amides is 1. The molecule has 6 heteroatoms. The highest BCUT2D eigenvalue weighted by atomic mass is 32.1. The number of ether oxygens (including phenoxy) is 1. The number of hydrogen-bond acceptors (Lipinski definition) is 5. The summed E-state index contributed by atoms with van der Waals surface area (Å²) in [5.41, 5.74) is 1.50. The smallest absolute Gasteiger partial charge is 0.256 e. The summed E-state index contributed by atoms with van der Waals surface area (Å²) in [6.07, 6.45) is 3.74. The van der Waals surface area contributed by atoms with Gasteiger partial charge in [0.2, 0.25) is 5.13 Å². The lowest BCUT2D eigenvalue weighted by Crippen LogP contribution is -2.21. The van der Waals surface area contributed by atoms with Crippen molar-refractivity contribution in [1.29, 1.82) is 0 Å². The molecule has 2 heterocycles. The molecular formula is C15H15N3O2S. The Morgan fingerprint density at radius 2 is 2.24 bits per heavy atom. The van der Waals surface area contributed by atoms with Gasteiger partial charge in [-0.1, -0.05) is 36.5 Å². The van der Waals surface area contributed by atoms with Gasteiger partial charge in [0.1, 0.15) is 17.4 Å². The number of aromatic nitrogens is 2. The molecule has 1 aromatic heterocycles. The first-order chi connectivity index (χ1) is 10.3. The average Bonchev–Trinajstić information content (AvgIpc) is 2.94. The van der Waals surface area contributed by atoms with E-state index >= 15 is 0 Å². The second kappa shape index (κ2) is 6.05. The van der Waals surface area contributed by atoms with E-state index in [-0.39, 0.29) is 12.5 Å². The summed E-state index contributed by atoms with van der Waals surface area (Å²) in [7, 11) is 0. The SMILES string of the molecule is CCCc1nnc(NC(=O)C2=Cc3ccccc3OC2)s1. The molecule has 0 unspecified atom stereocenters. The highest BCUT2D eigenvalue weighted by Gasteiger charge is 2.18. The summed E-state index contributed by atoms with van der Waals surface area (Å²) in [5, 5.41) is 12.3. The third kappa shape index (κ3) is 3.11. The Morgan fingerprint density at radius 3 is 3.10 bits per heavy atom. The first-order valence-electron chi connectivity index (χ1n) is 6.82. The fourth-order valence-electron chi connectivity index (χ4n) is 2.04. The zero-order valence-corrected chi connectivity index (χ0v) is 12.4. The fraction of sp³-hybridized carbons (Fsp3) is 0.267. The maximum absolute atomic E-state index is 12.2. The molecule has 0 aliphatic carbocycles. The van der Waals surface area contributed by atoms with Crippen molar-refractivity contribution in [3.63, 3.8) is 0 Å². The number of benzene rings is 1. The number of aryl methyl sites for hydroxylation is 1. The highest BCUT2D eigenvalue weighted by Crippen LogP contribution is 2.26. The number of nitrogens with zero attached hydrogens (tertiary/aromatic N) is 2. The van der Waals surface area contributed by atoms with E-state index in [0.717, 1.165) is 29.2 Å². The van der Waals surface area contributed by atoms with Crippen LogP contribution in [0, 0.1) is 0 Å². The van der Waals surface area contributed by atoms with Gasteiger partial charge in [0.05, 0.1) is 5.57 Å². The molecule has 0 bridgehead atoms. The lowest BCUT2D eigenvalue weighted by Gasteiger charge is -2.16. The van der Waals surface area contributed by atoms with Gasteiger partial charge in [-0.25, -0.2) is 0 Å². The molecular weight excluding hydrogens is 286 g/mol. The van der Waals surface area contributed by atoms with Gasteiger partial charge >= 0.3 is 0 Å². The lowest BCUT2D eigenvalue weighted by molar-refractivity contribution is -0.113. The molecule has 0 spiro atoms. The third-order valence-corrected chi connectivity index (χ3v) is 3.97. The van der Waals surface area contributed by atoms with Gasteiger partial charge < -0.3 is 4.74 Å². The molecule has 5 nitrogen and oxygen atoms in total. The molecule has 1 N–H and O–H groups in total. The normalized spacial score (nSPS) is 13.1. The van der Waals surface area contributed by atoms with Gasteiger partial charge in [-0.05, 0) is 18.6 Å².